The van der Waals surface area contributed by atoms with Crippen LogP contribution in [0.3, 0.4) is 0 Å². The van der Waals surface area contributed by atoms with Crippen molar-refractivity contribution in [2.75, 3.05) is 51.8 Å². The Hall–Kier alpha value is -5.25. The minimum absolute atomic E-state index is 0.0692. The zero-order valence-electron chi connectivity index (χ0n) is 30.3. The molecular formula is C37H45N9O6. The Morgan fingerprint density at radius 3 is 2.56 bits per heavy atom. The number of aldehydes is 1. The van der Waals surface area contributed by atoms with E-state index in [0.29, 0.717) is 66.6 Å². The second kappa shape index (κ2) is 14.8. The molecule has 0 saturated carbocycles. The molecular weight excluding hydrogens is 666 g/mol. The predicted octanol–water partition coefficient (Wildman–Crippen LogP) is 3.67. The smallest absolute Gasteiger partial charge is 0.321 e. The highest BCUT2D eigenvalue weighted by atomic mass is 16.5. The molecule has 4 heterocycles. The third-order valence-electron chi connectivity index (χ3n) is 9.20. The number of methoxy groups -OCH3 is 1. The van der Waals surface area contributed by atoms with E-state index in [4.69, 9.17) is 14.2 Å². The number of nitrogens with one attached hydrogen (secondary N) is 3. The highest BCUT2D eigenvalue weighted by Gasteiger charge is 2.39. The van der Waals surface area contributed by atoms with Crippen molar-refractivity contribution in [3.63, 3.8) is 0 Å². The van der Waals surface area contributed by atoms with E-state index < -0.39 is 34.6 Å². The summed E-state index contributed by atoms with van der Waals surface area (Å²) < 4.78 is 19.3. The summed E-state index contributed by atoms with van der Waals surface area (Å²) in [5, 5.41) is 17.0. The summed E-state index contributed by atoms with van der Waals surface area (Å²) in [4.78, 5) is 50.7. The normalized spacial score (nSPS) is 19.2. The van der Waals surface area contributed by atoms with E-state index in [2.05, 4.69) is 41.0 Å². The number of carbonyl (C=O) groups is 3. The Bertz CT molecular complexity index is 1980. The number of rotatable bonds is 11. The molecule has 0 unspecified atom stereocenters. The van der Waals surface area contributed by atoms with E-state index in [1.54, 1.807) is 55.8 Å². The van der Waals surface area contributed by atoms with Gasteiger partial charge in [-0.3, -0.25) is 24.2 Å². The van der Waals surface area contributed by atoms with Gasteiger partial charge in [0, 0.05) is 50.3 Å². The van der Waals surface area contributed by atoms with Gasteiger partial charge in [0.05, 0.1) is 25.1 Å². The average Bonchev–Trinajstić information content (AvgIpc) is 3.57. The van der Waals surface area contributed by atoms with Crippen LogP contribution >= 0.6 is 0 Å². The lowest BCUT2D eigenvalue weighted by Gasteiger charge is -2.34. The van der Waals surface area contributed by atoms with Gasteiger partial charge in [0.1, 0.15) is 28.8 Å². The van der Waals surface area contributed by atoms with Gasteiger partial charge < -0.3 is 24.8 Å². The second-order valence-electron chi connectivity index (χ2n) is 14.3. The number of morpholine rings is 1. The number of carbonyl (C=O) groups excluding carboxylic acids is 3. The van der Waals surface area contributed by atoms with Crippen LogP contribution in [-0.2, 0) is 30.8 Å². The molecule has 4 aromatic rings. The fraction of sp³-hybridized carbons (Fsp3) is 0.432. The molecule has 52 heavy (non-hydrogen) atoms. The minimum Gasteiger partial charge on any atom is -0.480 e. The first-order valence-corrected chi connectivity index (χ1v) is 17.2. The molecule has 1 saturated heterocycles. The standard InChI is InChI=1S/C37H45N9O6/c1-35(2,3)28-21-29(40-31(39-28)32(48)38-15-16-45-17-19-51-20-18-45)41-34(49)42-37(23-47)14-13-27(25-9-7-8-10-26(25)37)52-24-11-12-30-43-44-33(46(30)22-24)36(4,5)50-6/h7-14,21-23,27H,15-20H2,1-6H3,(H,38,48)(H2,39,40,41,42,49)/t27-,37-/m1/s1. The average molecular weight is 712 g/mol. The number of anilines is 1. The number of benzene rings is 1. The molecule has 274 valence electrons. The molecule has 3 aromatic heterocycles. The maximum Gasteiger partial charge on any atom is 0.321 e. The van der Waals surface area contributed by atoms with Crippen LogP contribution in [0.25, 0.3) is 5.65 Å². The number of pyridine rings is 1. The summed E-state index contributed by atoms with van der Waals surface area (Å²) >= 11 is 0. The lowest BCUT2D eigenvalue weighted by molar-refractivity contribution is -0.111. The quantitative estimate of drug-likeness (QED) is 0.153. The first kappa shape index (κ1) is 36.5. The SMILES string of the molecule is COC(C)(C)c1nnc2ccc(O[C@@H]3C=C[C@](C=O)(NC(=O)Nc4cc(C(C)(C)C)nc(C(=O)NCCN5CCOCC5)n4)c4ccccc43)cn12. The predicted molar refractivity (Wildman–Crippen MR) is 192 cm³/mol. The summed E-state index contributed by atoms with van der Waals surface area (Å²) in [6, 6.07) is 11.8. The van der Waals surface area contributed by atoms with Crippen LogP contribution in [0.2, 0.25) is 0 Å². The van der Waals surface area contributed by atoms with Crippen LogP contribution in [0.5, 0.6) is 5.75 Å². The van der Waals surface area contributed by atoms with Gasteiger partial charge in [-0.25, -0.2) is 14.8 Å². The van der Waals surface area contributed by atoms with Crippen molar-refractivity contribution in [2.24, 2.45) is 0 Å². The summed E-state index contributed by atoms with van der Waals surface area (Å²) in [6.45, 7) is 13.7. The Kier molecular flexibility index (Phi) is 10.4. The van der Waals surface area contributed by atoms with Gasteiger partial charge in [-0.15, -0.1) is 10.2 Å². The Morgan fingerprint density at radius 2 is 1.83 bits per heavy atom. The minimum atomic E-state index is -1.52. The zero-order valence-corrected chi connectivity index (χ0v) is 30.3. The lowest BCUT2D eigenvalue weighted by atomic mass is 9.81. The highest BCUT2D eigenvalue weighted by Crippen LogP contribution is 2.37. The largest absolute Gasteiger partial charge is 0.480 e. The number of hydrogen-bond acceptors (Lipinski definition) is 11. The van der Waals surface area contributed by atoms with Gasteiger partial charge in [0.15, 0.2) is 17.8 Å². The number of hydrogen-bond donors (Lipinski definition) is 3. The van der Waals surface area contributed by atoms with Crippen LogP contribution in [0.1, 0.15) is 74.0 Å². The summed E-state index contributed by atoms with van der Waals surface area (Å²) in [5.74, 6) is 0.741. The first-order valence-electron chi connectivity index (χ1n) is 17.2. The Balaban J connectivity index is 1.20. The van der Waals surface area contributed by atoms with Crippen molar-refractivity contribution in [2.45, 2.75) is 57.3 Å². The van der Waals surface area contributed by atoms with Crippen molar-refractivity contribution in [3.8, 4) is 5.75 Å². The molecule has 1 fully saturated rings. The topological polar surface area (TPSA) is 174 Å². The second-order valence-corrected chi connectivity index (χ2v) is 14.3. The van der Waals surface area contributed by atoms with Gasteiger partial charge in [-0.2, -0.15) is 0 Å². The number of ether oxygens (including phenoxy) is 3. The number of amides is 3. The fourth-order valence-corrected chi connectivity index (χ4v) is 6.05. The van der Waals surface area contributed by atoms with Gasteiger partial charge >= 0.3 is 6.03 Å². The Labute approximate surface area is 302 Å². The summed E-state index contributed by atoms with van der Waals surface area (Å²) in [7, 11) is 1.61. The number of urea groups is 1. The van der Waals surface area contributed by atoms with Crippen LogP contribution < -0.4 is 20.7 Å². The van der Waals surface area contributed by atoms with Gasteiger partial charge in [0.2, 0.25) is 5.82 Å². The molecule has 3 N–H and O–H groups in total. The maximum atomic E-state index is 13.6. The molecule has 1 aliphatic carbocycles. The third kappa shape index (κ3) is 7.81. The van der Waals surface area contributed by atoms with Crippen LogP contribution in [0, 0.1) is 0 Å². The van der Waals surface area contributed by atoms with Gasteiger partial charge in [0.25, 0.3) is 5.91 Å². The van der Waals surface area contributed by atoms with Crippen molar-refractivity contribution in [1.82, 2.24) is 40.1 Å². The molecule has 1 aromatic carbocycles. The van der Waals surface area contributed by atoms with E-state index in [1.807, 2.05) is 51.2 Å². The maximum absolute atomic E-state index is 13.6. The number of fused-ring (bicyclic) bond motifs is 2. The molecule has 6 rings (SSSR count). The molecule has 3 amide bonds. The molecule has 1 aliphatic heterocycles. The molecule has 2 aliphatic rings. The van der Waals surface area contributed by atoms with Crippen molar-refractivity contribution in [3.05, 3.63) is 89.3 Å². The number of nitrogens with zero attached hydrogens (tertiary/aromatic N) is 6. The zero-order chi connectivity index (χ0) is 37.1. The molecule has 15 heteroatoms. The van der Waals surface area contributed by atoms with Gasteiger partial charge in [-0.05, 0) is 43.7 Å². The van der Waals surface area contributed by atoms with E-state index >= 15 is 0 Å². The van der Waals surface area contributed by atoms with Crippen LogP contribution in [0.4, 0.5) is 10.6 Å². The molecule has 0 bridgehead atoms. The fourth-order valence-electron chi connectivity index (χ4n) is 6.05. The van der Waals surface area contributed by atoms with Crippen LogP contribution in [0.15, 0.2) is 60.8 Å². The third-order valence-corrected chi connectivity index (χ3v) is 9.20. The summed E-state index contributed by atoms with van der Waals surface area (Å²) in [5.41, 5.74) is -0.243. The molecule has 2 atom stereocenters. The van der Waals surface area contributed by atoms with E-state index in [0.717, 1.165) is 13.1 Å². The molecule has 15 nitrogen and oxygen atoms in total. The van der Waals surface area contributed by atoms with Gasteiger partial charge in [-0.1, -0.05) is 45.0 Å². The monoisotopic (exact) mass is 711 g/mol. The van der Waals surface area contributed by atoms with E-state index in [-0.39, 0.29) is 11.6 Å². The first-order chi connectivity index (χ1) is 24.8. The van der Waals surface area contributed by atoms with E-state index in [9.17, 15) is 14.4 Å². The lowest BCUT2D eigenvalue weighted by Crippen LogP contribution is -2.49. The van der Waals surface area contributed by atoms with E-state index in [1.165, 1.54) is 0 Å². The van der Waals surface area contributed by atoms with Crippen molar-refractivity contribution in [1.29, 1.82) is 0 Å². The summed E-state index contributed by atoms with van der Waals surface area (Å²) in [6.07, 6.45) is 5.23. The Morgan fingerprint density at radius 1 is 1.06 bits per heavy atom. The molecule has 0 radical (unpaired) electrons. The van der Waals surface area contributed by atoms with Crippen LogP contribution in [-0.4, -0.2) is 94.2 Å². The van der Waals surface area contributed by atoms with Crippen molar-refractivity contribution >= 4 is 29.7 Å². The number of aromatic nitrogens is 5. The molecule has 0 spiro atoms. The highest BCUT2D eigenvalue weighted by molar-refractivity contribution is 5.94. The van der Waals surface area contributed by atoms with Crippen molar-refractivity contribution < 1.29 is 28.6 Å².